The van der Waals surface area contributed by atoms with E-state index in [1.165, 1.54) is 18.0 Å². The predicted octanol–water partition coefficient (Wildman–Crippen LogP) is 1.72. The number of nitrogens with two attached hydrogens (primary N) is 1. The first-order chi connectivity index (χ1) is 17.2. The molecule has 3 heterocycles. The fraction of sp³-hybridized carbons (Fsp3) is 0.500. The number of nitrogens with one attached hydrogen (secondary N) is 1. The molecule has 3 N–H and O–H groups in total. The number of hydrogen-bond acceptors (Lipinski definition) is 7. The minimum Gasteiger partial charge on any atom is -0.366 e. The van der Waals surface area contributed by atoms with Crippen molar-refractivity contribution in [3.8, 4) is 6.07 Å². The van der Waals surface area contributed by atoms with Gasteiger partial charge in [0.2, 0.25) is 11.9 Å². The van der Waals surface area contributed by atoms with Crippen LogP contribution < -0.4 is 16.0 Å². The van der Waals surface area contributed by atoms with Gasteiger partial charge in [0.1, 0.15) is 6.07 Å². The SMILES string of the molecule is C[C@@H]1CN(c2ncc(C#N)cn2)C[C@H](C)N1C(=O)NC1CC2(C1)CN(Cc1ccc(C(N)=O)cc1)C2. The van der Waals surface area contributed by atoms with Gasteiger partial charge in [-0.05, 0) is 49.8 Å². The van der Waals surface area contributed by atoms with Crippen LogP contribution in [-0.2, 0) is 6.54 Å². The Morgan fingerprint density at radius 3 is 2.28 bits per heavy atom. The van der Waals surface area contributed by atoms with Crippen LogP contribution in [0.15, 0.2) is 36.7 Å². The monoisotopic (exact) mass is 488 g/mol. The van der Waals surface area contributed by atoms with E-state index in [2.05, 4.69) is 25.1 Å². The Labute approximate surface area is 211 Å². The van der Waals surface area contributed by atoms with Crippen molar-refractivity contribution in [2.75, 3.05) is 31.1 Å². The highest BCUT2D eigenvalue weighted by atomic mass is 16.2. The molecular formula is C26H32N8O2. The number of aromatic nitrogens is 2. The van der Waals surface area contributed by atoms with E-state index in [4.69, 9.17) is 11.0 Å². The van der Waals surface area contributed by atoms with E-state index in [1.807, 2.05) is 36.9 Å². The van der Waals surface area contributed by atoms with Crippen LogP contribution in [0.5, 0.6) is 0 Å². The number of nitrogens with zero attached hydrogens (tertiary/aromatic N) is 6. The summed E-state index contributed by atoms with van der Waals surface area (Å²) in [5.41, 5.74) is 7.77. The molecule has 1 aliphatic carbocycles. The smallest absolute Gasteiger partial charge is 0.318 e. The summed E-state index contributed by atoms with van der Waals surface area (Å²) >= 11 is 0. The first kappa shape index (κ1) is 24.0. The molecule has 0 bridgehead atoms. The quantitative estimate of drug-likeness (QED) is 0.655. The maximum Gasteiger partial charge on any atom is 0.318 e. The summed E-state index contributed by atoms with van der Waals surface area (Å²) in [6.45, 7) is 8.32. The number of nitriles is 1. The zero-order valence-electron chi connectivity index (χ0n) is 20.7. The molecule has 1 aromatic heterocycles. The standard InChI is InChI=1S/C26H32N8O2/c1-17-12-33(24-29-10-20(9-27)11-30-24)13-18(2)34(17)25(36)31-22-7-26(8-22)15-32(16-26)14-19-3-5-21(6-4-19)23(28)35/h3-6,10-11,17-18,22H,7-8,12-16H2,1-2H3,(H2,28,35)(H,31,36)/t17-,18+. The summed E-state index contributed by atoms with van der Waals surface area (Å²) in [6, 6.07) is 9.77. The molecule has 3 aliphatic rings. The van der Waals surface area contributed by atoms with E-state index in [9.17, 15) is 9.59 Å². The average molecular weight is 489 g/mol. The Bertz CT molecular complexity index is 1150. The number of urea groups is 1. The van der Waals surface area contributed by atoms with Crippen molar-refractivity contribution in [2.45, 2.75) is 51.4 Å². The summed E-state index contributed by atoms with van der Waals surface area (Å²) in [7, 11) is 0. The van der Waals surface area contributed by atoms with Crippen molar-refractivity contribution in [2.24, 2.45) is 11.1 Å². The highest BCUT2D eigenvalue weighted by Crippen LogP contribution is 2.48. The Kier molecular flexibility index (Phi) is 6.26. The van der Waals surface area contributed by atoms with Gasteiger partial charge in [0.05, 0.1) is 18.0 Å². The molecule has 3 fully saturated rings. The normalized spacial score (nSPS) is 23.5. The molecule has 2 saturated heterocycles. The molecule has 0 unspecified atom stereocenters. The number of anilines is 1. The Morgan fingerprint density at radius 1 is 1.11 bits per heavy atom. The predicted molar refractivity (Wildman–Crippen MR) is 134 cm³/mol. The number of carbonyl (C=O) groups excluding carboxylic acids is 2. The van der Waals surface area contributed by atoms with Gasteiger partial charge in [-0.15, -0.1) is 0 Å². The van der Waals surface area contributed by atoms with Crippen molar-refractivity contribution in [3.05, 3.63) is 53.3 Å². The molecule has 2 aliphatic heterocycles. The molecule has 10 nitrogen and oxygen atoms in total. The maximum absolute atomic E-state index is 13.1. The molecule has 0 radical (unpaired) electrons. The van der Waals surface area contributed by atoms with E-state index < -0.39 is 5.91 Å². The zero-order chi connectivity index (χ0) is 25.4. The van der Waals surface area contributed by atoms with Crippen LogP contribution in [-0.4, -0.2) is 76.0 Å². The van der Waals surface area contributed by atoms with Gasteiger partial charge >= 0.3 is 6.03 Å². The lowest BCUT2D eigenvalue weighted by Crippen LogP contribution is -2.68. The summed E-state index contributed by atoms with van der Waals surface area (Å²) in [5, 5.41) is 12.2. The lowest BCUT2D eigenvalue weighted by Gasteiger charge is -2.59. The van der Waals surface area contributed by atoms with Gasteiger partial charge in [-0.2, -0.15) is 5.26 Å². The van der Waals surface area contributed by atoms with Crippen molar-refractivity contribution in [3.63, 3.8) is 0 Å². The summed E-state index contributed by atoms with van der Waals surface area (Å²) in [5.74, 6) is 0.185. The number of benzene rings is 1. The largest absolute Gasteiger partial charge is 0.366 e. The Balaban J connectivity index is 1.07. The molecule has 10 heteroatoms. The van der Waals surface area contributed by atoms with Gasteiger partial charge < -0.3 is 20.9 Å². The average Bonchev–Trinajstić information content (AvgIpc) is 2.81. The van der Waals surface area contributed by atoms with Crippen molar-refractivity contribution in [1.82, 2.24) is 25.1 Å². The van der Waals surface area contributed by atoms with Crippen molar-refractivity contribution < 1.29 is 9.59 Å². The van der Waals surface area contributed by atoms with E-state index in [0.29, 0.717) is 35.6 Å². The minimum atomic E-state index is -0.405. The first-order valence-corrected chi connectivity index (χ1v) is 12.4. The van der Waals surface area contributed by atoms with Crippen LogP contribution in [0.4, 0.5) is 10.7 Å². The lowest BCUT2D eigenvalue weighted by atomic mass is 9.60. The number of likely N-dealkylation sites (tertiary alicyclic amines) is 1. The van der Waals surface area contributed by atoms with Crippen LogP contribution in [0.2, 0.25) is 0 Å². The van der Waals surface area contributed by atoms with E-state index >= 15 is 0 Å². The number of rotatable bonds is 5. The van der Waals surface area contributed by atoms with E-state index in [0.717, 1.165) is 32.5 Å². The first-order valence-electron chi connectivity index (χ1n) is 12.4. The van der Waals surface area contributed by atoms with Crippen LogP contribution in [0.1, 0.15) is 48.2 Å². The van der Waals surface area contributed by atoms with Gasteiger partial charge in [0.25, 0.3) is 0 Å². The van der Waals surface area contributed by atoms with Crippen molar-refractivity contribution >= 4 is 17.9 Å². The highest BCUT2D eigenvalue weighted by Gasteiger charge is 2.52. The molecule has 2 aromatic rings. The second-order valence-electron chi connectivity index (χ2n) is 10.7. The summed E-state index contributed by atoms with van der Waals surface area (Å²) < 4.78 is 0. The van der Waals surface area contributed by atoms with Gasteiger partial charge in [-0.3, -0.25) is 9.69 Å². The second-order valence-corrected chi connectivity index (χ2v) is 10.7. The molecule has 3 amide bonds. The minimum absolute atomic E-state index is 0.000895. The number of amides is 3. The number of hydrogen-bond donors (Lipinski definition) is 2. The molecule has 5 rings (SSSR count). The van der Waals surface area contributed by atoms with Gasteiger partial charge in [-0.1, -0.05) is 12.1 Å². The maximum atomic E-state index is 13.1. The topological polar surface area (TPSA) is 131 Å². The van der Waals surface area contributed by atoms with Gasteiger partial charge in [0, 0.05) is 56.4 Å². The second kappa shape index (κ2) is 9.39. The van der Waals surface area contributed by atoms with Crippen LogP contribution in [0, 0.1) is 16.7 Å². The summed E-state index contributed by atoms with van der Waals surface area (Å²) in [6.07, 6.45) is 5.09. The number of carbonyl (C=O) groups is 2. The molecule has 1 spiro atoms. The zero-order valence-corrected chi connectivity index (χ0v) is 20.7. The van der Waals surface area contributed by atoms with Crippen LogP contribution >= 0.6 is 0 Å². The number of primary amides is 1. The van der Waals surface area contributed by atoms with Crippen LogP contribution in [0.25, 0.3) is 0 Å². The van der Waals surface area contributed by atoms with E-state index in [1.54, 1.807) is 12.1 Å². The molecule has 1 saturated carbocycles. The lowest BCUT2D eigenvalue weighted by molar-refractivity contribution is -0.0812. The third kappa shape index (κ3) is 4.71. The fourth-order valence-electron chi connectivity index (χ4n) is 6.07. The molecule has 1 aromatic carbocycles. The van der Waals surface area contributed by atoms with Crippen LogP contribution in [0.3, 0.4) is 0 Å². The van der Waals surface area contributed by atoms with Gasteiger partial charge in [0.15, 0.2) is 0 Å². The molecular weight excluding hydrogens is 456 g/mol. The van der Waals surface area contributed by atoms with Crippen molar-refractivity contribution in [1.29, 1.82) is 5.26 Å². The van der Waals surface area contributed by atoms with E-state index in [-0.39, 0.29) is 24.2 Å². The Morgan fingerprint density at radius 2 is 1.72 bits per heavy atom. The third-order valence-electron chi connectivity index (χ3n) is 7.65. The third-order valence-corrected chi connectivity index (χ3v) is 7.65. The summed E-state index contributed by atoms with van der Waals surface area (Å²) in [4.78, 5) is 39.4. The Hall–Kier alpha value is -3.71. The molecule has 188 valence electrons. The highest BCUT2D eigenvalue weighted by molar-refractivity contribution is 5.92. The number of piperazine rings is 1. The molecule has 36 heavy (non-hydrogen) atoms. The fourth-order valence-corrected chi connectivity index (χ4v) is 6.07. The van der Waals surface area contributed by atoms with Gasteiger partial charge in [-0.25, -0.2) is 14.8 Å². The molecule has 2 atom stereocenters.